The van der Waals surface area contributed by atoms with E-state index in [-0.39, 0.29) is 12.6 Å². The third-order valence-electron chi connectivity index (χ3n) is 3.23. The molecule has 0 spiro atoms. The fraction of sp³-hybridized carbons (Fsp3) is 0.235. The molecule has 0 atom stereocenters. The van der Waals surface area contributed by atoms with Crippen molar-refractivity contribution in [3.63, 3.8) is 0 Å². The second-order valence-electron chi connectivity index (χ2n) is 5.00. The molecule has 3 amide bonds. The Morgan fingerprint density at radius 3 is 2.71 bits per heavy atom. The van der Waals surface area contributed by atoms with Crippen LogP contribution < -0.4 is 21.1 Å². The molecule has 1 aromatic heterocycles. The van der Waals surface area contributed by atoms with Gasteiger partial charge < -0.3 is 21.1 Å². The van der Waals surface area contributed by atoms with Gasteiger partial charge in [-0.25, -0.2) is 9.78 Å². The quantitative estimate of drug-likeness (QED) is 0.717. The molecule has 2 rings (SSSR count). The number of hydrogen-bond acceptors (Lipinski definition) is 4. The molecule has 7 heteroatoms. The SMILES string of the molecule is CCOc1ncccc1CNC(=O)NCc1cccc(C(N)=O)c1. The third kappa shape index (κ3) is 4.98. The lowest BCUT2D eigenvalue weighted by Crippen LogP contribution is -2.34. The molecule has 0 bridgehead atoms. The number of rotatable bonds is 7. The van der Waals surface area contributed by atoms with Crippen molar-refractivity contribution in [2.45, 2.75) is 20.0 Å². The molecular weight excluding hydrogens is 308 g/mol. The lowest BCUT2D eigenvalue weighted by molar-refractivity contribution is 0.1000. The maximum absolute atomic E-state index is 11.9. The molecule has 2 aromatic rings. The minimum Gasteiger partial charge on any atom is -0.478 e. The van der Waals surface area contributed by atoms with Crippen molar-refractivity contribution in [3.05, 3.63) is 59.3 Å². The monoisotopic (exact) mass is 328 g/mol. The Balaban J connectivity index is 1.86. The van der Waals surface area contributed by atoms with E-state index in [4.69, 9.17) is 10.5 Å². The van der Waals surface area contributed by atoms with Crippen LogP contribution in [0.5, 0.6) is 5.88 Å². The molecule has 7 nitrogen and oxygen atoms in total. The van der Waals surface area contributed by atoms with Crippen LogP contribution in [0.25, 0.3) is 0 Å². The summed E-state index contributed by atoms with van der Waals surface area (Å²) in [6.45, 7) is 2.97. The van der Waals surface area contributed by atoms with Gasteiger partial charge in [0.1, 0.15) is 0 Å². The molecule has 1 aromatic carbocycles. The zero-order valence-electron chi connectivity index (χ0n) is 13.4. The van der Waals surface area contributed by atoms with Crippen molar-refractivity contribution in [2.75, 3.05) is 6.61 Å². The second-order valence-corrected chi connectivity index (χ2v) is 5.00. The van der Waals surface area contributed by atoms with Crippen LogP contribution in [0.3, 0.4) is 0 Å². The molecule has 0 aliphatic carbocycles. The highest BCUT2D eigenvalue weighted by Gasteiger charge is 2.07. The van der Waals surface area contributed by atoms with E-state index in [1.165, 1.54) is 0 Å². The van der Waals surface area contributed by atoms with Crippen LogP contribution in [-0.4, -0.2) is 23.5 Å². The molecule has 4 N–H and O–H groups in total. The first-order valence-corrected chi connectivity index (χ1v) is 7.57. The van der Waals surface area contributed by atoms with Gasteiger partial charge in [-0.05, 0) is 30.7 Å². The lowest BCUT2D eigenvalue weighted by atomic mass is 10.1. The van der Waals surface area contributed by atoms with Gasteiger partial charge in [0.25, 0.3) is 0 Å². The fourth-order valence-corrected chi connectivity index (χ4v) is 2.08. The molecule has 0 saturated carbocycles. The summed E-state index contributed by atoms with van der Waals surface area (Å²) in [6.07, 6.45) is 1.64. The van der Waals surface area contributed by atoms with Crippen LogP contribution in [0, 0.1) is 0 Å². The Hall–Kier alpha value is -3.09. The van der Waals surface area contributed by atoms with Crippen LogP contribution in [0.1, 0.15) is 28.4 Å². The average molecular weight is 328 g/mol. The number of benzene rings is 1. The number of pyridine rings is 1. The molecule has 0 unspecified atom stereocenters. The Morgan fingerprint density at radius 1 is 1.17 bits per heavy atom. The average Bonchev–Trinajstić information content (AvgIpc) is 2.59. The highest BCUT2D eigenvalue weighted by atomic mass is 16.5. The van der Waals surface area contributed by atoms with E-state index in [0.29, 0.717) is 24.6 Å². The third-order valence-corrected chi connectivity index (χ3v) is 3.23. The summed E-state index contributed by atoms with van der Waals surface area (Å²) < 4.78 is 5.41. The number of carbonyl (C=O) groups excluding carboxylic acids is 2. The smallest absolute Gasteiger partial charge is 0.315 e. The van der Waals surface area contributed by atoms with E-state index in [1.54, 1.807) is 36.5 Å². The summed E-state index contributed by atoms with van der Waals surface area (Å²) in [5.41, 5.74) is 7.23. The summed E-state index contributed by atoms with van der Waals surface area (Å²) >= 11 is 0. The van der Waals surface area contributed by atoms with Gasteiger partial charge in [0, 0.05) is 30.4 Å². The molecule has 0 radical (unpaired) electrons. The standard InChI is InChI=1S/C17H20N4O3/c1-2-24-16-14(7-4-8-19-16)11-21-17(23)20-10-12-5-3-6-13(9-12)15(18)22/h3-9H,2,10-11H2,1H3,(H2,18,22)(H2,20,21,23). The molecular formula is C17H20N4O3. The van der Waals surface area contributed by atoms with Crippen LogP contribution >= 0.6 is 0 Å². The normalized spacial score (nSPS) is 10.0. The van der Waals surface area contributed by atoms with Gasteiger partial charge in [0.05, 0.1) is 6.61 Å². The molecule has 0 aliphatic heterocycles. The summed E-state index contributed by atoms with van der Waals surface area (Å²) in [4.78, 5) is 27.2. The fourth-order valence-electron chi connectivity index (χ4n) is 2.08. The van der Waals surface area contributed by atoms with E-state index in [1.807, 2.05) is 13.0 Å². The van der Waals surface area contributed by atoms with Crippen molar-refractivity contribution in [3.8, 4) is 5.88 Å². The van der Waals surface area contributed by atoms with Gasteiger partial charge in [-0.3, -0.25) is 4.79 Å². The molecule has 126 valence electrons. The summed E-state index contributed by atoms with van der Waals surface area (Å²) in [7, 11) is 0. The summed E-state index contributed by atoms with van der Waals surface area (Å²) in [5, 5.41) is 5.47. The molecule has 0 fully saturated rings. The van der Waals surface area contributed by atoms with Gasteiger partial charge in [-0.2, -0.15) is 0 Å². The van der Waals surface area contributed by atoms with Gasteiger partial charge >= 0.3 is 6.03 Å². The zero-order valence-corrected chi connectivity index (χ0v) is 13.4. The molecule has 0 aliphatic rings. The Kier molecular flexibility index (Phi) is 6.13. The highest BCUT2D eigenvalue weighted by molar-refractivity contribution is 5.92. The molecule has 0 saturated heterocycles. The van der Waals surface area contributed by atoms with Crippen molar-refractivity contribution < 1.29 is 14.3 Å². The maximum Gasteiger partial charge on any atom is 0.315 e. The number of nitrogens with zero attached hydrogens (tertiary/aromatic N) is 1. The number of carbonyl (C=O) groups is 2. The topological polar surface area (TPSA) is 106 Å². The minimum absolute atomic E-state index is 0.290. The van der Waals surface area contributed by atoms with Gasteiger partial charge in [0.2, 0.25) is 11.8 Å². The Labute approximate surface area is 140 Å². The number of primary amides is 1. The molecule has 24 heavy (non-hydrogen) atoms. The first kappa shape index (κ1) is 17.3. The Bertz CT molecular complexity index is 718. The van der Waals surface area contributed by atoms with Crippen LogP contribution in [-0.2, 0) is 13.1 Å². The maximum atomic E-state index is 11.9. The predicted molar refractivity (Wildman–Crippen MR) is 89.4 cm³/mol. The largest absolute Gasteiger partial charge is 0.478 e. The van der Waals surface area contributed by atoms with Crippen molar-refractivity contribution in [1.82, 2.24) is 15.6 Å². The summed E-state index contributed by atoms with van der Waals surface area (Å²) in [6, 6.07) is 10.1. The number of urea groups is 1. The number of amides is 3. The second kappa shape index (κ2) is 8.52. The van der Waals surface area contributed by atoms with Crippen molar-refractivity contribution in [2.24, 2.45) is 5.73 Å². The Morgan fingerprint density at radius 2 is 1.96 bits per heavy atom. The van der Waals surface area contributed by atoms with Gasteiger partial charge in [0.15, 0.2) is 0 Å². The zero-order chi connectivity index (χ0) is 17.4. The first-order chi connectivity index (χ1) is 11.6. The minimum atomic E-state index is -0.499. The predicted octanol–water partition coefficient (Wildman–Crippen LogP) is 1.58. The van der Waals surface area contributed by atoms with Gasteiger partial charge in [-0.1, -0.05) is 18.2 Å². The first-order valence-electron chi connectivity index (χ1n) is 7.57. The van der Waals surface area contributed by atoms with Crippen molar-refractivity contribution in [1.29, 1.82) is 0 Å². The van der Waals surface area contributed by atoms with E-state index in [9.17, 15) is 9.59 Å². The van der Waals surface area contributed by atoms with E-state index < -0.39 is 5.91 Å². The van der Waals surface area contributed by atoms with Crippen LogP contribution in [0.2, 0.25) is 0 Å². The number of ether oxygens (including phenoxy) is 1. The van der Waals surface area contributed by atoms with E-state index in [2.05, 4.69) is 15.6 Å². The van der Waals surface area contributed by atoms with Crippen LogP contribution in [0.15, 0.2) is 42.6 Å². The van der Waals surface area contributed by atoms with E-state index in [0.717, 1.165) is 11.1 Å². The molecule has 1 heterocycles. The summed E-state index contributed by atoms with van der Waals surface area (Å²) in [5.74, 6) is 0.00999. The van der Waals surface area contributed by atoms with Crippen molar-refractivity contribution >= 4 is 11.9 Å². The number of hydrogen-bond donors (Lipinski definition) is 3. The number of aromatic nitrogens is 1. The van der Waals surface area contributed by atoms with Gasteiger partial charge in [-0.15, -0.1) is 0 Å². The van der Waals surface area contributed by atoms with Crippen LogP contribution in [0.4, 0.5) is 4.79 Å². The highest BCUT2D eigenvalue weighted by Crippen LogP contribution is 2.13. The number of nitrogens with two attached hydrogens (primary N) is 1. The number of nitrogens with one attached hydrogen (secondary N) is 2. The lowest BCUT2D eigenvalue weighted by Gasteiger charge is -2.11. The van der Waals surface area contributed by atoms with E-state index >= 15 is 0 Å².